The topological polar surface area (TPSA) is 39.2 Å². The van der Waals surface area contributed by atoms with E-state index in [0.29, 0.717) is 16.8 Å². The van der Waals surface area contributed by atoms with Gasteiger partial charge in [0.1, 0.15) is 4.60 Å². The van der Waals surface area contributed by atoms with Crippen molar-refractivity contribution in [2.45, 2.75) is 19.8 Å². The monoisotopic (exact) mass is 257 g/mol. The zero-order valence-electron chi connectivity index (χ0n) is 8.00. The SMILES string of the molecule is CCCCOC(=O)c1ccnc(Br)c1. The molecule has 1 aromatic rings. The van der Waals surface area contributed by atoms with Crippen molar-refractivity contribution in [1.29, 1.82) is 0 Å². The van der Waals surface area contributed by atoms with Crippen LogP contribution < -0.4 is 0 Å². The normalized spacial score (nSPS) is 9.86. The number of unbranched alkanes of at least 4 members (excludes halogenated alkanes) is 1. The molecule has 4 heteroatoms. The summed E-state index contributed by atoms with van der Waals surface area (Å²) < 4.78 is 5.68. The minimum Gasteiger partial charge on any atom is -0.462 e. The highest BCUT2D eigenvalue weighted by atomic mass is 79.9. The summed E-state index contributed by atoms with van der Waals surface area (Å²) in [6.07, 6.45) is 3.49. The fourth-order valence-electron chi connectivity index (χ4n) is 0.922. The van der Waals surface area contributed by atoms with Crippen LogP contribution in [0.4, 0.5) is 0 Å². The molecular weight excluding hydrogens is 246 g/mol. The summed E-state index contributed by atoms with van der Waals surface area (Å²) in [5.74, 6) is -0.290. The van der Waals surface area contributed by atoms with Crippen LogP contribution in [0.15, 0.2) is 22.9 Å². The van der Waals surface area contributed by atoms with E-state index < -0.39 is 0 Å². The molecule has 0 spiro atoms. The van der Waals surface area contributed by atoms with E-state index in [9.17, 15) is 4.79 Å². The minimum atomic E-state index is -0.290. The smallest absolute Gasteiger partial charge is 0.338 e. The van der Waals surface area contributed by atoms with Crippen LogP contribution in [0.2, 0.25) is 0 Å². The van der Waals surface area contributed by atoms with E-state index in [-0.39, 0.29) is 5.97 Å². The second-order valence-electron chi connectivity index (χ2n) is 2.86. The average Bonchev–Trinajstić information content (AvgIpc) is 2.18. The van der Waals surface area contributed by atoms with Crippen molar-refractivity contribution in [3.63, 3.8) is 0 Å². The number of halogens is 1. The summed E-state index contributed by atoms with van der Waals surface area (Å²) >= 11 is 3.19. The van der Waals surface area contributed by atoms with Crippen LogP contribution in [-0.2, 0) is 4.74 Å². The highest BCUT2D eigenvalue weighted by Gasteiger charge is 2.06. The molecule has 3 nitrogen and oxygen atoms in total. The van der Waals surface area contributed by atoms with Crippen LogP contribution in [0, 0.1) is 0 Å². The zero-order valence-corrected chi connectivity index (χ0v) is 9.58. The van der Waals surface area contributed by atoms with Crippen LogP contribution in [0.5, 0.6) is 0 Å². The first-order valence-corrected chi connectivity index (χ1v) is 5.32. The number of hydrogen-bond acceptors (Lipinski definition) is 3. The van der Waals surface area contributed by atoms with Crippen molar-refractivity contribution in [3.05, 3.63) is 28.5 Å². The van der Waals surface area contributed by atoms with Gasteiger partial charge in [0, 0.05) is 6.20 Å². The Morgan fingerprint density at radius 1 is 1.64 bits per heavy atom. The Kier molecular flexibility index (Phi) is 4.59. The van der Waals surface area contributed by atoms with Crippen molar-refractivity contribution in [3.8, 4) is 0 Å². The first-order chi connectivity index (χ1) is 6.74. The first kappa shape index (κ1) is 11.2. The molecule has 0 aliphatic rings. The molecule has 76 valence electrons. The van der Waals surface area contributed by atoms with Gasteiger partial charge in [-0.05, 0) is 34.5 Å². The second kappa shape index (κ2) is 5.75. The maximum atomic E-state index is 11.4. The Hall–Kier alpha value is -0.900. The summed E-state index contributed by atoms with van der Waals surface area (Å²) in [6, 6.07) is 3.29. The molecule has 1 aromatic heterocycles. The van der Waals surface area contributed by atoms with Crippen LogP contribution in [0.3, 0.4) is 0 Å². The number of ether oxygens (including phenoxy) is 1. The van der Waals surface area contributed by atoms with Gasteiger partial charge in [0.15, 0.2) is 0 Å². The number of nitrogens with zero attached hydrogens (tertiary/aromatic N) is 1. The van der Waals surface area contributed by atoms with Gasteiger partial charge in [-0.3, -0.25) is 0 Å². The van der Waals surface area contributed by atoms with Gasteiger partial charge in [0.05, 0.1) is 12.2 Å². The largest absolute Gasteiger partial charge is 0.462 e. The van der Waals surface area contributed by atoms with Crippen LogP contribution in [-0.4, -0.2) is 17.6 Å². The number of pyridine rings is 1. The molecule has 0 N–H and O–H groups in total. The summed E-state index contributed by atoms with van der Waals surface area (Å²) in [6.45, 7) is 2.53. The third kappa shape index (κ3) is 3.46. The lowest BCUT2D eigenvalue weighted by Crippen LogP contribution is -2.06. The predicted molar refractivity (Wildman–Crippen MR) is 57.1 cm³/mol. The Morgan fingerprint density at radius 3 is 3.07 bits per heavy atom. The Morgan fingerprint density at radius 2 is 2.43 bits per heavy atom. The molecule has 0 fully saturated rings. The van der Waals surface area contributed by atoms with Crippen LogP contribution in [0.25, 0.3) is 0 Å². The number of aromatic nitrogens is 1. The van der Waals surface area contributed by atoms with Gasteiger partial charge in [0.25, 0.3) is 0 Å². The zero-order chi connectivity index (χ0) is 10.4. The molecule has 0 atom stereocenters. The van der Waals surface area contributed by atoms with E-state index in [1.54, 1.807) is 18.3 Å². The Balaban J connectivity index is 2.52. The molecule has 1 heterocycles. The molecule has 0 aromatic carbocycles. The predicted octanol–water partition coefficient (Wildman–Crippen LogP) is 2.80. The molecular formula is C10H12BrNO2. The van der Waals surface area contributed by atoms with E-state index in [0.717, 1.165) is 12.8 Å². The number of carbonyl (C=O) groups is 1. The van der Waals surface area contributed by atoms with E-state index in [1.807, 2.05) is 0 Å². The maximum absolute atomic E-state index is 11.4. The fraction of sp³-hybridized carbons (Fsp3) is 0.400. The van der Waals surface area contributed by atoms with Crippen molar-refractivity contribution >= 4 is 21.9 Å². The van der Waals surface area contributed by atoms with Crippen LogP contribution in [0.1, 0.15) is 30.1 Å². The number of esters is 1. The van der Waals surface area contributed by atoms with Gasteiger partial charge in [-0.25, -0.2) is 9.78 Å². The number of carbonyl (C=O) groups excluding carboxylic acids is 1. The standard InChI is InChI=1S/C10H12BrNO2/c1-2-3-6-14-10(13)8-4-5-12-9(11)7-8/h4-5,7H,2-3,6H2,1H3. The lowest BCUT2D eigenvalue weighted by atomic mass is 10.3. The van der Waals surface area contributed by atoms with Crippen LogP contribution >= 0.6 is 15.9 Å². The third-order valence-electron chi connectivity index (χ3n) is 1.69. The Labute approximate surface area is 91.6 Å². The molecule has 0 unspecified atom stereocenters. The Bertz CT molecular complexity index is 315. The number of hydrogen-bond donors (Lipinski definition) is 0. The van der Waals surface area contributed by atoms with Gasteiger partial charge < -0.3 is 4.74 Å². The molecule has 0 aliphatic heterocycles. The fourth-order valence-corrected chi connectivity index (χ4v) is 1.29. The third-order valence-corrected chi connectivity index (χ3v) is 2.13. The van der Waals surface area contributed by atoms with E-state index in [4.69, 9.17) is 4.74 Å². The average molecular weight is 258 g/mol. The molecule has 0 radical (unpaired) electrons. The minimum absolute atomic E-state index is 0.290. The van der Waals surface area contributed by atoms with Gasteiger partial charge in [-0.2, -0.15) is 0 Å². The number of rotatable bonds is 4. The van der Waals surface area contributed by atoms with Crippen molar-refractivity contribution in [2.75, 3.05) is 6.61 Å². The quantitative estimate of drug-likeness (QED) is 0.473. The molecule has 14 heavy (non-hydrogen) atoms. The van der Waals surface area contributed by atoms with Gasteiger partial charge in [-0.15, -0.1) is 0 Å². The van der Waals surface area contributed by atoms with E-state index in [1.165, 1.54) is 0 Å². The summed E-state index contributed by atoms with van der Waals surface area (Å²) in [7, 11) is 0. The molecule has 0 aliphatic carbocycles. The molecule has 0 saturated heterocycles. The van der Waals surface area contributed by atoms with E-state index in [2.05, 4.69) is 27.8 Å². The lowest BCUT2D eigenvalue weighted by molar-refractivity contribution is 0.0499. The molecule has 0 amide bonds. The summed E-state index contributed by atoms with van der Waals surface area (Å²) in [4.78, 5) is 15.3. The second-order valence-corrected chi connectivity index (χ2v) is 3.67. The summed E-state index contributed by atoms with van der Waals surface area (Å²) in [5, 5.41) is 0. The van der Waals surface area contributed by atoms with Crippen molar-refractivity contribution < 1.29 is 9.53 Å². The van der Waals surface area contributed by atoms with Gasteiger partial charge in [0.2, 0.25) is 0 Å². The van der Waals surface area contributed by atoms with Gasteiger partial charge in [-0.1, -0.05) is 13.3 Å². The maximum Gasteiger partial charge on any atom is 0.338 e. The molecule has 0 bridgehead atoms. The van der Waals surface area contributed by atoms with Crippen molar-refractivity contribution in [2.24, 2.45) is 0 Å². The highest BCUT2D eigenvalue weighted by molar-refractivity contribution is 9.10. The molecule has 1 rings (SSSR count). The molecule has 0 saturated carbocycles. The summed E-state index contributed by atoms with van der Waals surface area (Å²) in [5.41, 5.74) is 0.531. The van der Waals surface area contributed by atoms with E-state index >= 15 is 0 Å². The van der Waals surface area contributed by atoms with Crippen molar-refractivity contribution in [1.82, 2.24) is 4.98 Å². The first-order valence-electron chi connectivity index (χ1n) is 4.52. The lowest BCUT2D eigenvalue weighted by Gasteiger charge is -2.03. The van der Waals surface area contributed by atoms with Gasteiger partial charge >= 0.3 is 5.97 Å². The highest BCUT2D eigenvalue weighted by Crippen LogP contribution is 2.09.